The maximum Gasteiger partial charge on any atom is 0.278 e. The van der Waals surface area contributed by atoms with Crippen molar-refractivity contribution in [2.45, 2.75) is 45.1 Å². The van der Waals surface area contributed by atoms with Crippen molar-refractivity contribution < 1.29 is 4.52 Å². The average Bonchev–Trinajstić information content (AvgIpc) is 2.97. The van der Waals surface area contributed by atoms with Crippen LogP contribution in [-0.2, 0) is 0 Å². The van der Waals surface area contributed by atoms with E-state index in [0.29, 0.717) is 23.6 Å². The summed E-state index contributed by atoms with van der Waals surface area (Å²) in [5.74, 6) is 2.13. The molecule has 1 fully saturated rings. The molecule has 2 aromatic rings. The smallest absolute Gasteiger partial charge is 0.278 e. The second kappa shape index (κ2) is 5.54. The summed E-state index contributed by atoms with van der Waals surface area (Å²) in [5, 5.41) is 5.14. The van der Waals surface area contributed by atoms with E-state index in [0.717, 1.165) is 20.9 Å². The molecule has 1 atom stereocenters. The van der Waals surface area contributed by atoms with Crippen LogP contribution < -0.4 is 5.73 Å². The van der Waals surface area contributed by atoms with E-state index in [-0.39, 0.29) is 6.04 Å². The zero-order chi connectivity index (χ0) is 14.3. The standard InChI is InChI=1S/C13H17BrN4OS/c1-6(2)5-8(15)11-17-12(19-18-11)9-10(14)20-13(16-9)7-3-4-7/h6-8H,3-5,15H2,1-2H3. The molecule has 2 heterocycles. The number of hydrogen-bond donors (Lipinski definition) is 1. The third-order valence-electron chi connectivity index (χ3n) is 3.23. The number of thiazole rings is 1. The molecular formula is C13H17BrN4OS. The van der Waals surface area contributed by atoms with Gasteiger partial charge in [-0.2, -0.15) is 4.98 Å². The Morgan fingerprint density at radius 3 is 2.80 bits per heavy atom. The topological polar surface area (TPSA) is 77.8 Å². The summed E-state index contributed by atoms with van der Waals surface area (Å²) >= 11 is 5.19. The Balaban J connectivity index is 1.82. The minimum atomic E-state index is -0.187. The molecule has 20 heavy (non-hydrogen) atoms. The van der Waals surface area contributed by atoms with Crippen molar-refractivity contribution in [2.24, 2.45) is 11.7 Å². The molecule has 0 radical (unpaired) electrons. The number of hydrogen-bond acceptors (Lipinski definition) is 6. The third kappa shape index (κ3) is 2.94. The molecule has 1 aliphatic rings. The first-order valence-corrected chi connectivity index (χ1v) is 8.41. The Bertz CT molecular complexity index is 605. The van der Waals surface area contributed by atoms with Crippen LogP contribution in [0.4, 0.5) is 0 Å². The molecule has 0 bridgehead atoms. The van der Waals surface area contributed by atoms with Crippen molar-refractivity contribution in [1.82, 2.24) is 15.1 Å². The average molecular weight is 357 g/mol. The fourth-order valence-electron chi connectivity index (χ4n) is 2.05. The second-order valence-electron chi connectivity index (χ2n) is 5.64. The molecule has 2 aromatic heterocycles. The molecule has 3 rings (SSSR count). The number of halogens is 1. The van der Waals surface area contributed by atoms with Gasteiger partial charge >= 0.3 is 0 Å². The van der Waals surface area contributed by atoms with E-state index in [1.54, 1.807) is 11.3 Å². The molecular weight excluding hydrogens is 340 g/mol. The lowest BCUT2D eigenvalue weighted by molar-refractivity contribution is 0.404. The summed E-state index contributed by atoms with van der Waals surface area (Å²) < 4.78 is 6.27. The molecule has 108 valence electrons. The molecule has 0 aromatic carbocycles. The lowest BCUT2D eigenvalue weighted by Crippen LogP contribution is -2.14. The number of aromatic nitrogens is 3. The lowest BCUT2D eigenvalue weighted by Gasteiger charge is -2.08. The number of nitrogens with two attached hydrogens (primary N) is 1. The Morgan fingerprint density at radius 1 is 1.40 bits per heavy atom. The highest BCUT2D eigenvalue weighted by molar-refractivity contribution is 9.11. The first kappa shape index (κ1) is 14.2. The fourth-order valence-corrected chi connectivity index (χ4v) is 3.76. The monoisotopic (exact) mass is 356 g/mol. The van der Waals surface area contributed by atoms with Gasteiger partial charge in [-0.3, -0.25) is 0 Å². The lowest BCUT2D eigenvalue weighted by atomic mass is 10.0. The molecule has 0 saturated heterocycles. The Hall–Kier alpha value is -0.790. The van der Waals surface area contributed by atoms with Crippen LogP contribution in [0.15, 0.2) is 8.31 Å². The SMILES string of the molecule is CC(C)CC(N)c1noc(-c2nc(C3CC3)sc2Br)n1. The van der Waals surface area contributed by atoms with Crippen LogP contribution in [0.1, 0.15) is 55.9 Å². The molecule has 1 saturated carbocycles. The van der Waals surface area contributed by atoms with Gasteiger partial charge in [0.2, 0.25) is 0 Å². The predicted octanol–water partition coefficient (Wildman–Crippen LogP) is 3.88. The van der Waals surface area contributed by atoms with Gasteiger partial charge in [0.1, 0.15) is 3.79 Å². The molecule has 7 heteroatoms. The minimum absolute atomic E-state index is 0.187. The second-order valence-corrected chi connectivity index (χ2v) is 7.99. The Morgan fingerprint density at radius 2 is 2.15 bits per heavy atom. The van der Waals surface area contributed by atoms with Gasteiger partial charge in [0.15, 0.2) is 11.5 Å². The van der Waals surface area contributed by atoms with E-state index < -0.39 is 0 Å². The fraction of sp³-hybridized carbons (Fsp3) is 0.615. The summed E-state index contributed by atoms with van der Waals surface area (Å²) in [6, 6.07) is -0.187. The van der Waals surface area contributed by atoms with Gasteiger partial charge in [0, 0.05) is 5.92 Å². The van der Waals surface area contributed by atoms with Crippen molar-refractivity contribution in [3.8, 4) is 11.6 Å². The van der Waals surface area contributed by atoms with Crippen LogP contribution in [0.25, 0.3) is 11.6 Å². The Labute approximate surface area is 130 Å². The van der Waals surface area contributed by atoms with Crippen molar-refractivity contribution in [3.05, 3.63) is 14.6 Å². The van der Waals surface area contributed by atoms with E-state index in [9.17, 15) is 0 Å². The van der Waals surface area contributed by atoms with Crippen LogP contribution >= 0.6 is 27.3 Å². The van der Waals surface area contributed by atoms with Crippen molar-refractivity contribution in [3.63, 3.8) is 0 Å². The highest BCUT2D eigenvalue weighted by atomic mass is 79.9. The van der Waals surface area contributed by atoms with Crippen molar-refractivity contribution >= 4 is 27.3 Å². The summed E-state index contributed by atoms with van der Waals surface area (Å²) in [7, 11) is 0. The van der Waals surface area contributed by atoms with Gasteiger partial charge in [-0.25, -0.2) is 4.98 Å². The normalized spacial score (nSPS) is 16.9. The van der Waals surface area contributed by atoms with E-state index in [1.807, 2.05) is 0 Å². The van der Waals surface area contributed by atoms with Crippen LogP contribution in [-0.4, -0.2) is 15.1 Å². The molecule has 1 unspecified atom stereocenters. The highest BCUT2D eigenvalue weighted by Crippen LogP contribution is 2.45. The van der Waals surface area contributed by atoms with Crippen LogP contribution in [0.3, 0.4) is 0 Å². The van der Waals surface area contributed by atoms with E-state index in [1.165, 1.54) is 12.8 Å². The van der Waals surface area contributed by atoms with Gasteiger partial charge in [0.05, 0.1) is 11.0 Å². The third-order valence-corrected chi connectivity index (χ3v) is 5.10. The maximum atomic E-state index is 6.07. The quantitative estimate of drug-likeness (QED) is 0.879. The van der Waals surface area contributed by atoms with Crippen molar-refractivity contribution in [1.29, 1.82) is 0 Å². The van der Waals surface area contributed by atoms with Crippen molar-refractivity contribution in [2.75, 3.05) is 0 Å². The zero-order valence-electron chi connectivity index (χ0n) is 11.5. The van der Waals surface area contributed by atoms with Gasteiger partial charge in [0.25, 0.3) is 5.89 Å². The first-order valence-electron chi connectivity index (χ1n) is 6.80. The highest BCUT2D eigenvalue weighted by Gasteiger charge is 2.29. The molecule has 0 amide bonds. The van der Waals surface area contributed by atoms with Crippen LogP contribution in [0.2, 0.25) is 0 Å². The largest absolute Gasteiger partial charge is 0.332 e. The van der Waals surface area contributed by atoms with Gasteiger partial charge in [-0.05, 0) is 41.1 Å². The maximum absolute atomic E-state index is 6.07. The summed E-state index contributed by atoms with van der Waals surface area (Å²) in [4.78, 5) is 9.01. The number of rotatable bonds is 5. The van der Waals surface area contributed by atoms with E-state index in [2.05, 4.69) is 44.9 Å². The zero-order valence-corrected chi connectivity index (χ0v) is 13.9. The molecule has 5 nitrogen and oxygen atoms in total. The van der Waals surface area contributed by atoms with Crippen LogP contribution in [0, 0.1) is 5.92 Å². The number of nitrogens with zero attached hydrogens (tertiary/aromatic N) is 3. The summed E-state index contributed by atoms with van der Waals surface area (Å²) in [6.45, 7) is 4.25. The van der Waals surface area contributed by atoms with Gasteiger partial charge in [-0.15, -0.1) is 11.3 Å². The minimum Gasteiger partial charge on any atom is -0.332 e. The molecule has 1 aliphatic carbocycles. The van der Waals surface area contributed by atoms with Gasteiger partial charge in [-0.1, -0.05) is 19.0 Å². The molecule has 0 spiro atoms. The van der Waals surface area contributed by atoms with E-state index >= 15 is 0 Å². The summed E-state index contributed by atoms with van der Waals surface area (Å²) in [6.07, 6.45) is 3.30. The first-order chi connectivity index (χ1) is 9.54. The van der Waals surface area contributed by atoms with Gasteiger partial charge < -0.3 is 10.3 Å². The predicted molar refractivity (Wildman–Crippen MR) is 81.5 cm³/mol. The summed E-state index contributed by atoms with van der Waals surface area (Å²) in [5.41, 5.74) is 6.82. The van der Waals surface area contributed by atoms with Crippen LogP contribution in [0.5, 0.6) is 0 Å². The van der Waals surface area contributed by atoms with E-state index in [4.69, 9.17) is 10.3 Å². The Kier molecular flexibility index (Phi) is 3.92. The molecule has 0 aliphatic heterocycles. The molecule has 2 N–H and O–H groups in total.